The zero-order valence-electron chi connectivity index (χ0n) is 14.5. The van der Waals surface area contributed by atoms with Crippen LogP contribution in [-0.4, -0.2) is 23.3 Å². The predicted octanol–water partition coefficient (Wildman–Crippen LogP) is 4.92. The van der Waals surface area contributed by atoms with Gasteiger partial charge in [0.15, 0.2) is 12.4 Å². The molecule has 0 amide bonds. The third-order valence-corrected chi connectivity index (χ3v) is 5.86. The van der Waals surface area contributed by atoms with E-state index < -0.39 is 24.2 Å². The second-order valence-electron chi connectivity index (χ2n) is 5.71. The zero-order chi connectivity index (χ0) is 19.2. The Kier molecular flexibility index (Phi) is 6.36. The van der Waals surface area contributed by atoms with E-state index in [9.17, 15) is 14.0 Å². The van der Waals surface area contributed by atoms with Crippen LogP contribution in [0.2, 0.25) is 0 Å². The summed E-state index contributed by atoms with van der Waals surface area (Å²) in [4.78, 5) is 28.9. The average molecular weight is 401 g/mol. The van der Waals surface area contributed by atoms with Gasteiger partial charge in [-0.2, -0.15) is 0 Å². The molecular weight excluding hydrogens is 385 g/mol. The van der Waals surface area contributed by atoms with E-state index in [1.165, 1.54) is 30.0 Å². The molecule has 2 aromatic carbocycles. The van der Waals surface area contributed by atoms with Crippen LogP contribution in [0.4, 0.5) is 4.39 Å². The number of carbonyl (C=O) groups is 2. The van der Waals surface area contributed by atoms with E-state index in [0.717, 1.165) is 21.7 Å². The molecule has 3 aromatic rings. The second-order valence-corrected chi connectivity index (χ2v) is 7.79. The molecule has 0 saturated carbocycles. The maximum atomic E-state index is 13.2. The molecular formula is C20H16FNO3S2. The number of benzene rings is 2. The SMILES string of the molecule is Cc1csc(SCc2ccccc2C(=O)OCC(=O)c2cccc(F)c2)n1. The maximum Gasteiger partial charge on any atom is 0.338 e. The fourth-order valence-electron chi connectivity index (χ4n) is 2.34. The summed E-state index contributed by atoms with van der Waals surface area (Å²) in [6.07, 6.45) is 0. The topological polar surface area (TPSA) is 56.3 Å². The Bertz CT molecular complexity index is 971. The minimum Gasteiger partial charge on any atom is -0.454 e. The Labute approximate surface area is 164 Å². The largest absolute Gasteiger partial charge is 0.454 e. The number of carbonyl (C=O) groups excluding carboxylic acids is 2. The molecule has 0 aliphatic carbocycles. The molecule has 0 saturated heterocycles. The number of aromatic nitrogens is 1. The summed E-state index contributed by atoms with van der Waals surface area (Å²) in [5.74, 6) is -0.970. The number of nitrogens with zero attached hydrogens (tertiary/aromatic N) is 1. The lowest BCUT2D eigenvalue weighted by Crippen LogP contribution is -2.15. The second kappa shape index (κ2) is 8.92. The molecule has 0 radical (unpaired) electrons. The molecule has 0 fully saturated rings. The van der Waals surface area contributed by atoms with Crippen molar-refractivity contribution < 1.29 is 18.7 Å². The van der Waals surface area contributed by atoms with Crippen LogP contribution in [0, 0.1) is 12.7 Å². The third kappa shape index (κ3) is 5.24. The van der Waals surface area contributed by atoms with Crippen molar-refractivity contribution in [3.63, 3.8) is 0 Å². The number of Topliss-reactive ketones (excluding diaryl/α,β-unsaturated/α-hetero) is 1. The van der Waals surface area contributed by atoms with Gasteiger partial charge in [-0.15, -0.1) is 11.3 Å². The summed E-state index contributed by atoms with van der Waals surface area (Å²) < 4.78 is 19.3. The minimum atomic E-state index is -0.578. The molecule has 1 aromatic heterocycles. The Morgan fingerprint density at radius 1 is 1.19 bits per heavy atom. The number of ketones is 1. The van der Waals surface area contributed by atoms with Gasteiger partial charge >= 0.3 is 5.97 Å². The van der Waals surface area contributed by atoms with Crippen molar-refractivity contribution in [1.29, 1.82) is 0 Å². The van der Waals surface area contributed by atoms with E-state index in [0.29, 0.717) is 11.3 Å². The van der Waals surface area contributed by atoms with Crippen LogP contribution in [0.3, 0.4) is 0 Å². The highest BCUT2D eigenvalue weighted by atomic mass is 32.2. The van der Waals surface area contributed by atoms with Crippen molar-refractivity contribution in [2.24, 2.45) is 0 Å². The summed E-state index contributed by atoms with van der Waals surface area (Å²) >= 11 is 3.10. The van der Waals surface area contributed by atoms with E-state index in [-0.39, 0.29) is 5.56 Å². The molecule has 0 atom stereocenters. The number of aryl methyl sites for hydroxylation is 1. The summed E-state index contributed by atoms with van der Waals surface area (Å²) in [6.45, 7) is 1.50. The molecule has 138 valence electrons. The Hall–Kier alpha value is -2.51. The molecule has 7 heteroatoms. The highest BCUT2D eigenvalue weighted by Crippen LogP contribution is 2.27. The summed E-state index contributed by atoms with van der Waals surface area (Å²) in [7, 11) is 0. The first-order valence-electron chi connectivity index (χ1n) is 8.11. The molecule has 0 N–H and O–H groups in total. The zero-order valence-corrected chi connectivity index (χ0v) is 16.1. The van der Waals surface area contributed by atoms with E-state index in [1.54, 1.807) is 23.5 Å². The third-order valence-electron chi connectivity index (χ3n) is 3.67. The maximum absolute atomic E-state index is 13.2. The van der Waals surface area contributed by atoms with Gasteiger partial charge in [-0.1, -0.05) is 42.1 Å². The van der Waals surface area contributed by atoms with Gasteiger partial charge < -0.3 is 4.74 Å². The lowest BCUT2D eigenvalue weighted by molar-refractivity contribution is 0.0474. The quantitative estimate of drug-likeness (QED) is 0.319. The fraction of sp³-hybridized carbons (Fsp3) is 0.150. The Balaban J connectivity index is 1.63. The summed E-state index contributed by atoms with van der Waals surface area (Å²) in [5, 5.41) is 1.97. The van der Waals surface area contributed by atoms with Crippen LogP contribution >= 0.6 is 23.1 Å². The number of thioether (sulfide) groups is 1. The number of thiazole rings is 1. The van der Waals surface area contributed by atoms with Crippen molar-refractivity contribution in [2.45, 2.75) is 17.0 Å². The van der Waals surface area contributed by atoms with Crippen molar-refractivity contribution in [3.05, 3.63) is 82.1 Å². The summed E-state index contributed by atoms with van der Waals surface area (Å²) in [5.41, 5.74) is 2.35. The number of hydrogen-bond donors (Lipinski definition) is 0. The first-order chi connectivity index (χ1) is 13.0. The van der Waals surface area contributed by atoms with Crippen molar-refractivity contribution in [3.8, 4) is 0 Å². The number of hydrogen-bond acceptors (Lipinski definition) is 6. The van der Waals surface area contributed by atoms with Gasteiger partial charge in [0.2, 0.25) is 0 Å². The standard InChI is InChI=1S/C20H16FNO3S2/c1-13-11-26-20(22-13)27-12-15-5-2-3-8-17(15)19(24)25-10-18(23)14-6-4-7-16(21)9-14/h2-9,11H,10,12H2,1H3. The first-order valence-corrected chi connectivity index (χ1v) is 9.98. The Morgan fingerprint density at radius 2 is 2.00 bits per heavy atom. The van der Waals surface area contributed by atoms with E-state index in [4.69, 9.17) is 4.74 Å². The molecule has 27 heavy (non-hydrogen) atoms. The monoisotopic (exact) mass is 401 g/mol. The lowest BCUT2D eigenvalue weighted by Gasteiger charge is -2.09. The van der Waals surface area contributed by atoms with Crippen LogP contribution < -0.4 is 0 Å². The Morgan fingerprint density at radius 3 is 2.74 bits per heavy atom. The molecule has 0 aliphatic rings. The highest BCUT2D eigenvalue weighted by molar-refractivity contribution is 8.00. The van der Waals surface area contributed by atoms with E-state index >= 15 is 0 Å². The molecule has 1 heterocycles. The van der Waals surface area contributed by atoms with Gasteiger partial charge in [0.05, 0.1) is 5.56 Å². The van der Waals surface area contributed by atoms with E-state index in [2.05, 4.69) is 4.98 Å². The van der Waals surface area contributed by atoms with Crippen molar-refractivity contribution >= 4 is 34.9 Å². The molecule has 0 spiro atoms. The predicted molar refractivity (Wildman–Crippen MR) is 104 cm³/mol. The van der Waals surface area contributed by atoms with Crippen LogP contribution in [0.5, 0.6) is 0 Å². The van der Waals surface area contributed by atoms with Crippen LogP contribution in [0.1, 0.15) is 32.0 Å². The molecule has 0 bridgehead atoms. The van der Waals surface area contributed by atoms with Gasteiger partial charge in [-0.3, -0.25) is 4.79 Å². The number of ether oxygens (including phenoxy) is 1. The van der Waals surface area contributed by atoms with E-state index in [1.807, 2.05) is 24.4 Å². The molecule has 3 rings (SSSR count). The summed E-state index contributed by atoms with van der Waals surface area (Å²) in [6, 6.07) is 12.4. The van der Waals surface area contributed by atoms with Gasteiger partial charge in [0.1, 0.15) is 10.2 Å². The van der Waals surface area contributed by atoms with Crippen molar-refractivity contribution in [2.75, 3.05) is 6.61 Å². The van der Waals surface area contributed by atoms with Gasteiger partial charge in [0, 0.05) is 22.4 Å². The number of rotatable bonds is 7. The highest BCUT2D eigenvalue weighted by Gasteiger charge is 2.16. The van der Waals surface area contributed by atoms with Crippen LogP contribution in [0.25, 0.3) is 0 Å². The average Bonchev–Trinajstić information content (AvgIpc) is 3.09. The smallest absolute Gasteiger partial charge is 0.338 e. The van der Waals surface area contributed by atoms with Gasteiger partial charge in [0.25, 0.3) is 0 Å². The normalized spacial score (nSPS) is 10.6. The van der Waals surface area contributed by atoms with Gasteiger partial charge in [-0.25, -0.2) is 14.2 Å². The lowest BCUT2D eigenvalue weighted by atomic mass is 10.1. The molecule has 0 unspecified atom stereocenters. The first kappa shape index (κ1) is 19.3. The molecule has 0 aliphatic heterocycles. The fourth-order valence-corrected chi connectivity index (χ4v) is 4.19. The van der Waals surface area contributed by atoms with Crippen LogP contribution in [-0.2, 0) is 10.5 Å². The number of esters is 1. The number of halogens is 1. The minimum absolute atomic E-state index is 0.172. The van der Waals surface area contributed by atoms with Gasteiger partial charge in [-0.05, 0) is 30.7 Å². The van der Waals surface area contributed by atoms with Crippen molar-refractivity contribution in [1.82, 2.24) is 4.98 Å². The van der Waals surface area contributed by atoms with Crippen LogP contribution in [0.15, 0.2) is 58.3 Å². The molecule has 4 nitrogen and oxygen atoms in total.